The molecule has 1 aromatic rings. The van der Waals surface area contributed by atoms with E-state index in [-0.39, 0.29) is 23.9 Å². The van der Waals surface area contributed by atoms with Crippen LogP contribution in [0.25, 0.3) is 0 Å². The van der Waals surface area contributed by atoms with E-state index in [0.29, 0.717) is 31.8 Å². The van der Waals surface area contributed by atoms with Crippen LogP contribution in [0.15, 0.2) is 18.2 Å². The second-order valence-electron chi connectivity index (χ2n) is 6.91. The van der Waals surface area contributed by atoms with E-state index >= 15 is 0 Å². The average Bonchev–Trinajstić information content (AvgIpc) is 3.29. The van der Waals surface area contributed by atoms with Crippen molar-refractivity contribution in [2.75, 3.05) is 13.1 Å². The van der Waals surface area contributed by atoms with Gasteiger partial charge in [0.1, 0.15) is 0 Å². The molecule has 0 unspecified atom stereocenters. The summed E-state index contributed by atoms with van der Waals surface area (Å²) in [6.07, 6.45) is 2.36. The summed E-state index contributed by atoms with van der Waals surface area (Å²) < 4.78 is 0. The van der Waals surface area contributed by atoms with E-state index in [2.05, 4.69) is 37.4 Å². The zero-order chi connectivity index (χ0) is 16.6. The molecule has 0 aromatic heterocycles. The third kappa shape index (κ3) is 3.49. The van der Waals surface area contributed by atoms with E-state index in [1.165, 1.54) is 16.7 Å². The van der Waals surface area contributed by atoms with Crippen LogP contribution in [0.3, 0.4) is 0 Å². The Kier molecular flexibility index (Phi) is 4.28. The maximum Gasteiger partial charge on any atom is 0.317 e. The molecule has 5 nitrogen and oxygen atoms in total. The molecule has 2 aliphatic rings. The highest BCUT2D eigenvalue weighted by molar-refractivity contribution is 5.78. The van der Waals surface area contributed by atoms with Crippen molar-refractivity contribution in [3.8, 4) is 0 Å². The molecule has 1 heterocycles. The van der Waals surface area contributed by atoms with Crippen LogP contribution in [-0.2, 0) is 4.79 Å². The van der Waals surface area contributed by atoms with Crippen molar-refractivity contribution in [3.63, 3.8) is 0 Å². The molecule has 23 heavy (non-hydrogen) atoms. The first-order valence-electron chi connectivity index (χ1n) is 8.37. The predicted molar refractivity (Wildman–Crippen MR) is 89.1 cm³/mol. The molecule has 1 saturated carbocycles. The van der Waals surface area contributed by atoms with Crippen LogP contribution < -0.4 is 11.1 Å². The summed E-state index contributed by atoms with van der Waals surface area (Å²) >= 11 is 0. The lowest BCUT2D eigenvalue weighted by Crippen LogP contribution is -2.47. The van der Waals surface area contributed by atoms with Crippen LogP contribution in [-0.4, -0.2) is 36.0 Å². The molecule has 1 saturated heterocycles. The number of hydrogen-bond donors (Lipinski definition) is 2. The van der Waals surface area contributed by atoms with Crippen LogP contribution in [0.5, 0.6) is 0 Å². The number of likely N-dealkylation sites (tertiary alicyclic amines) is 1. The molecule has 0 radical (unpaired) electrons. The number of primary amides is 1. The number of hydrogen-bond acceptors (Lipinski definition) is 2. The summed E-state index contributed by atoms with van der Waals surface area (Å²) in [7, 11) is 0. The van der Waals surface area contributed by atoms with Gasteiger partial charge in [-0.05, 0) is 49.8 Å². The predicted octanol–water partition coefficient (Wildman–Crippen LogP) is 2.07. The van der Waals surface area contributed by atoms with Crippen LogP contribution in [0.4, 0.5) is 4.79 Å². The number of carbonyl (C=O) groups excluding carboxylic acids is 2. The monoisotopic (exact) mass is 315 g/mol. The number of nitrogens with zero attached hydrogens (tertiary/aromatic N) is 1. The van der Waals surface area contributed by atoms with E-state index in [0.717, 1.165) is 6.42 Å². The molecule has 1 aromatic carbocycles. The Balaban J connectivity index is 1.50. The fraction of sp³-hybridized carbons (Fsp3) is 0.556. The van der Waals surface area contributed by atoms with Crippen LogP contribution in [0, 0.1) is 19.8 Å². The number of amides is 3. The Labute approximate surface area is 137 Å². The van der Waals surface area contributed by atoms with Crippen molar-refractivity contribution in [2.45, 2.75) is 45.1 Å². The molecule has 5 heteroatoms. The van der Waals surface area contributed by atoms with Crippen molar-refractivity contribution in [1.82, 2.24) is 10.2 Å². The van der Waals surface area contributed by atoms with Crippen molar-refractivity contribution < 1.29 is 9.59 Å². The minimum absolute atomic E-state index is 0.00995. The van der Waals surface area contributed by atoms with Crippen molar-refractivity contribution >= 4 is 11.9 Å². The maximum atomic E-state index is 12.3. The summed E-state index contributed by atoms with van der Waals surface area (Å²) in [5, 5.41) is 3.12. The zero-order valence-corrected chi connectivity index (χ0v) is 13.8. The van der Waals surface area contributed by atoms with Gasteiger partial charge in [0.25, 0.3) is 0 Å². The zero-order valence-electron chi connectivity index (χ0n) is 13.8. The van der Waals surface area contributed by atoms with Gasteiger partial charge in [0.05, 0.1) is 0 Å². The molecule has 3 N–H and O–H groups in total. The lowest BCUT2D eigenvalue weighted by Gasteiger charge is -2.30. The third-order valence-electron chi connectivity index (χ3n) is 5.24. The van der Waals surface area contributed by atoms with Gasteiger partial charge < -0.3 is 16.0 Å². The number of nitrogens with one attached hydrogen (secondary N) is 1. The first-order valence-corrected chi connectivity index (χ1v) is 8.37. The number of nitrogens with two attached hydrogens (primary N) is 1. The van der Waals surface area contributed by atoms with Gasteiger partial charge in [-0.1, -0.05) is 18.2 Å². The summed E-state index contributed by atoms with van der Waals surface area (Å²) in [5.41, 5.74) is 9.24. The largest absolute Gasteiger partial charge is 0.369 e. The fourth-order valence-electron chi connectivity index (χ4n) is 3.34. The van der Waals surface area contributed by atoms with Crippen LogP contribution in [0.2, 0.25) is 0 Å². The number of benzene rings is 1. The molecule has 2 fully saturated rings. The lowest BCUT2D eigenvalue weighted by molar-refractivity contribution is -0.123. The number of carbonyl (C=O) groups is 2. The highest BCUT2D eigenvalue weighted by Crippen LogP contribution is 2.41. The Morgan fingerprint density at radius 2 is 1.87 bits per heavy atom. The van der Waals surface area contributed by atoms with Gasteiger partial charge in [0.2, 0.25) is 5.91 Å². The number of aryl methyl sites for hydroxylation is 2. The minimum Gasteiger partial charge on any atom is -0.369 e. The van der Waals surface area contributed by atoms with Gasteiger partial charge in [-0.3, -0.25) is 4.79 Å². The lowest BCUT2D eigenvalue weighted by atomic mass is 9.96. The Morgan fingerprint density at radius 1 is 1.17 bits per heavy atom. The highest BCUT2D eigenvalue weighted by atomic mass is 16.2. The quantitative estimate of drug-likeness (QED) is 0.896. The minimum atomic E-state index is -0.248. The topological polar surface area (TPSA) is 75.4 Å². The van der Waals surface area contributed by atoms with E-state index in [1.807, 2.05) is 0 Å². The molecule has 0 spiro atoms. The van der Waals surface area contributed by atoms with E-state index in [1.54, 1.807) is 4.90 Å². The second-order valence-corrected chi connectivity index (χ2v) is 6.91. The molecule has 3 rings (SSSR count). The van der Waals surface area contributed by atoms with Gasteiger partial charge in [0, 0.05) is 31.0 Å². The molecule has 1 aliphatic carbocycles. The van der Waals surface area contributed by atoms with Crippen molar-refractivity contribution in [3.05, 3.63) is 34.9 Å². The maximum absolute atomic E-state index is 12.3. The Hall–Kier alpha value is -2.04. The van der Waals surface area contributed by atoms with Crippen LogP contribution >= 0.6 is 0 Å². The normalized spacial score (nSPS) is 24.3. The van der Waals surface area contributed by atoms with Gasteiger partial charge in [0.15, 0.2) is 0 Å². The molecular weight excluding hydrogens is 290 g/mol. The summed E-state index contributed by atoms with van der Waals surface area (Å²) in [5.74, 6) is 0.103. The average molecular weight is 315 g/mol. The Bertz CT molecular complexity index is 621. The molecular formula is C18H25N3O2. The van der Waals surface area contributed by atoms with E-state index in [4.69, 9.17) is 5.73 Å². The molecule has 1 aliphatic heterocycles. The van der Waals surface area contributed by atoms with Gasteiger partial charge in [-0.15, -0.1) is 0 Å². The summed E-state index contributed by atoms with van der Waals surface area (Å²) in [6, 6.07) is 6.76. The van der Waals surface area contributed by atoms with Gasteiger partial charge in [-0.25, -0.2) is 4.79 Å². The third-order valence-corrected chi connectivity index (χ3v) is 5.24. The second kappa shape index (κ2) is 6.22. The number of rotatable bonds is 3. The first kappa shape index (κ1) is 15.8. The van der Waals surface area contributed by atoms with E-state index < -0.39 is 0 Å². The van der Waals surface area contributed by atoms with Crippen LogP contribution in [0.1, 0.15) is 41.9 Å². The number of piperidine rings is 1. The molecule has 0 bridgehead atoms. The summed E-state index contributed by atoms with van der Waals surface area (Å²) in [6.45, 7) is 5.46. The molecule has 3 amide bonds. The SMILES string of the molecule is Cc1ccc([C@@H]2C[C@@H]2NC(=O)N2CCC(C(N)=O)CC2)cc1C. The molecule has 2 atom stereocenters. The smallest absolute Gasteiger partial charge is 0.317 e. The first-order chi connectivity index (χ1) is 11.0. The standard InChI is InChI=1S/C18H25N3O2/c1-11-3-4-14(9-12(11)2)15-10-16(15)20-18(23)21-7-5-13(6-8-21)17(19)22/h3-4,9,13,15-16H,5-8,10H2,1-2H3,(H2,19,22)(H,20,23)/t15-,16-/m0/s1. The van der Waals surface area contributed by atoms with E-state index in [9.17, 15) is 9.59 Å². The Morgan fingerprint density at radius 3 is 2.48 bits per heavy atom. The van der Waals surface area contributed by atoms with Gasteiger partial charge >= 0.3 is 6.03 Å². The summed E-state index contributed by atoms with van der Waals surface area (Å²) in [4.78, 5) is 25.3. The van der Waals surface area contributed by atoms with Crippen molar-refractivity contribution in [2.24, 2.45) is 11.7 Å². The fourth-order valence-corrected chi connectivity index (χ4v) is 3.34. The molecule has 124 valence electrons. The number of urea groups is 1. The highest BCUT2D eigenvalue weighted by Gasteiger charge is 2.40. The van der Waals surface area contributed by atoms with Crippen molar-refractivity contribution in [1.29, 1.82) is 0 Å². The van der Waals surface area contributed by atoms with Gasteiger partial charge in [-0.2, -0.15) is 0 Å².